The minimum absolute atomic E-state index is 0.401. The summed E-state index contributed by atoms with van der Waals surface area (Å²) in [5.41, 5.74) is 8.35. The molecular weight excluding hydrogens is 933 g/mol. The van der Waals surface area contributed by atoms with Gasteiger partial charge in [-0.3, -0.25) is 0 Å². The van der Waals surface area contributed by atoms with E-state index in [0.717, 1.165) is 67.6 Å². The van der Waals surface area contributed by atoms with E-state index in [0.29, 0.717) is 40.0 Å². The third-order valence-corrected chi connectivity index (χ3v) is 19.8. The van der Waals surface area contributed by atoms with Crippen molar-refractivity contribution in [3.63, 3.8) is 0 Å². The number of nitrogens with one attached hydrogen (secondary N) is 3. The first-order chi connectivity index (χ1) is 34.8. The van der Waals surface area contributed by atoms with Crippen LogP contribution in [0.15, 0.2) is 217 Å². The monoisotopic (exact) mass is 983 g/mol. The summed E-state index contributed by atoms with van der Waals surface area (Å²) in [5, 5.41) is 0.886. The fourth-order valence-corrected chi connectivity index (χ4v) is 14.7. The number of rotatable bonds is 2. The number of aromatic nitrogens is 3. The fourth-order valence-electron chi connectivity index (χ4n) is 11.6. The van der Waals surface area contributed by atoms with Crippen molar-refractivity contribution in [3.05, 3.63) is 274 Å². The van der Waals surface area contributed by atoms with Gasteiger partial charge in [0.25, 0.3) is 0 Å². The molecule has 3 aliphatic heterocycles. The quantitative estimate of drug-likeness (QED) is 0.149. The molecule has 0 saturated carbocycles. The van der Waals surface area contributed by atoms with Crippen LogP contribution in [0.1, 0.15) is 90.5 Å². The Hall–Kier alpha value is -7.70. The molecule has 6 unspecified atom stereocenters. The molecule has 6 atom stereocenters. The second-order valence-electron chi connectivity index (χ2n) is 20.1. The van der Waals surface area contributed by atoms with Gasteiger partial charge in [0.1, 0.15) is 23.0 Å². The zero-order valence-corrected chi connectivity index (χ0v) is 42.0. The number of hydrogen-bond acceptors (Lipinski definition) is 6. The Morgan fingerprint density at radius 2 is 0.625 bits per heavy atom. The highest BCUT2D eigenvalue weighted by molar-refractivity contribution is 7.63. The van der Waals surface area contributed by atoms with Crippen molar-refractivity contribution in [2.75, 3.05) is 0 Å². The molecule has 6 heterocycles. The highest BCUT2D eigenvalue weighted by Crippen LogP contribution is 2.56. The van der Waals surface area contributed by atoms with Crippen LogP contribution in [0, 0.1) is 0 Å². The molecule has 20 bridgehead atoms. The minimum atomic E-state index is -4.05. The predicted octanol–water partition coefficient (Wildman–Crippen LogP) is 13.8. The van der Waals surface area contributed by atoms with E-state index in [2.05, 4.69) is 115 Å². The van der Waals surface area contributed by atoms with Gasteiger partial charge >= 0.3 is 15.2 Å². The van der Waals surface area contributed by atoms with Crippen molar-refractivity contribution in [3.8, 4) is 23.0 Å². The molecule has 0 fully saturated rings. The van der Waals surface area contributed by atoms with Crippen LogP contribution in [0.3, 0.4) is 0 Å². The number of fused-ring (bicyclic) bond motifs is 20. The van der Waals surface area contributed by atoms with Crippen LogP contribution in [0.2, 0.25) is 0 Å². The number of hydrogen-bond donors (Lipinski definition) is 3. The van der Waals surface area contributed by atoms with Crippen LogP contribution in [-0.2, 0) is 30.8 Å². The summed E-state index contributed by atoms with van der Waals surface area (Å²) >= 11 is 0. The van der Waals surface area contributed by atoms with Gasteiger partial charge in [0.2, 0.25) is 0 Å². The molecule has 72 heavy (non-hydrogen) atoms. The van der Waals surface area contributed by atoms with Crippen molar-refractivity contribution in [1.29, 1.82) is 0 Å². The summed E-state index contributed by atoms with van der Waals surface area (Å²) in [4.78, 5) is 12.1. The van der Waals surface area contributed by atoms with E-state index in [-0.39, 0.29) is 0 Å². The van der Waals surface area contributed by atoms with Gasteiger partial charge < -0.3 is 33.0 Å². The first-order valence-electron chi connectivity index (χ1n) is 24.3. The molecule has 0 radical (unpaired) electrons. The van der Waals surface area contributed by atoms with Gasteiger partial charge in [0.05, 0.1) is 32.3 Å². The van der Waals surface area contributed by atoms with Crippen LogP contribution < -0.4 is 28.7 Å². The Balaban J connectivity index is 1.11. The van der Waals surface area contributed by atoms with Gasteiger partial charge in [-0.15, -0.1) is 0 Å². The first kappa shape index (κ1) is 44.3. The Morgan fingerprint density at radius 3 is 0.931 bits per heavy atom. The normalized spacial score (nSPS) is 26.8. The van der Waals surface area contributed by atoms with Crippen molar-refractivity contribution in [1.82, 2.24) is 15.0 Å². The second kappa shape index (κ2) is 15.9. The molecule has 0 saturated heterocycles. The number of allylic oxidation sites excluding steroid dienone is 4. The van der Waals surface area contributed by atoms with E-state index in [9.17, 15) is 0 Å². The highest BCUT2D eigenvalue weighted by Gasteiger charge is 2.47. The van der Waals surface area contributed by atoms with Crippen molar-refractivity contribution < 1.29 is 27.2 Å². The largest absolute Gasteiger partial charge is 0.462 e. The molecular formula is C61H51N3O6P2. The van der Waals surface area contributed by atoms with Crippen LogP contribution in [0.4, 0.5) is 0 Å². The van der Waals surface area contributed by atoms with Crippen molar-refractivity contribution in [2.45, 2.75) is 55.8 Å². The minimum Gasteiger partial charge on any atom is -0.413 e. The van der Waals surface area contributed by atoms with E-state index in [1.807, 2.05) is 109 Å². The Morgan fingerprint density at radius 1 is 0.347 bits per heavy atom. The topological polar surface area (TPSA) is 118 Å². The van der Waals surface area contributed by atoms with Gasteiger partial charge in [0.15, 0.2) is 0 Å². The fraction of sp³-hybridized carbons (Fsp3) is 0.148. The summed E-state index contributed by atoms with van der Waals surface area (Å²) in [7, 11) is -8.10. The predicted molar refractivity (Wildman–Crippen MR) is 283 cm³/mol. The average molecular weight is 984 g/mol. The van der Waals surface area contributed by atoms with Gasteiger partial charge in [0, 0.05) is 34.2 Å². The average Bonchev–Trinajstić information content (AvgIpc) is 4.27. The first-order valence-corrected chi connectivity index (χ1v) is 27.4. The molecule has 3 aromatic heterocycles. The lowest BCUT2D eigenvalue weighted by molar-refractivity contribution is 0.397. The molecule has 356 valence electrons. The maximum Gasteiger partial charge on any atom is 0.462 e. The lowest BCUT2D eigenvalue weighted by Gasteiger charge is -2.37. The number of benzene rings is 6. The summed E-state index contributed by atoms with van der Waals surface area (Å²) in [6.07, 6.45) is 5.10. The lowest BCUT2D eigenvalue weighted by Crippen LogP contribution is -2.32. The molecule has 0 spiro atoms. The molecule has 9 aromatic rings. The van der Waals surface area contributed by atoms with E-state index in [1.54, 1.807) is 24.3 Å². The summed E-state index contributed by atoms with van der Waals surface area (Å²) in [6.45, 7) is 8.94. The van der Waals surface area contributed by atoms with E-state index >= 15 is 9.13 Å². The molecule has 4 aliphatic rings. The number of H-pyrrole nitrogens is 3. The Labute approximate surface area is 418 Å². The zero-order valence-electron chi connectivity index (χ0n) is 40.2. The van der Waals surface area contributed by atoms with E-state index < -0.39 is 36.9 Å². The second-order valence-corrected chi connectivity index (χ2v) is 23.8. The number of aromatic amines is 3. The van der Waals surface area contributed by atoms with E-state index in [4.69, 9.17) is 18.1 Å². The van der Waals surface area contributed by atoms with Crippen LogP contribution in [0.5, 0.6) is 23.0 Å². The summed E-state index contributed by atoms with van der Waals surface area (Å²) in [6, 6.07) is 63.0. The molecule has 9 nitrogen and oxygen atoms in total. The molecule has 1 aliphatic carbocycles. The van der Waals surface area contributed by atoms with Crippen LogP contribution in [-0.4, -0.2) is 15.0 Å². The van der Waals surface area contributed by atoms with Gasteiger partial charge in [-0.2, -0.15) is 0 Å². The zero-order chi connectivity index (χ0) is 49.1. The molecule has 11 heteroatoms. The molecule has 0 amide bonds. The van der Waals surface area contributed by atoms with Gasteiger partial charge in [-0.1, -0.05) is 97.1 Å². The van der Waals surface area contributed by atoms with Crippen molar-refractivity contribution >= 4 is 25.8 Å². The van der Waals surface area contributed by atoms with Crippen molar-refractivity contribution in [2.24, 2.45) is 0 Å². The SMILES string of the molecule is CC12C3=CC=C(C3)C3(C)c4cccc(c4)OP(=O)(c4ccccc4)Oc4cccc(c4)C(C)(c4ccc3[nH]4)c3ccc([nH]3)C(C)(c3cccc(c3)OP(=O)(c3ccccc3)Oc3cccc1c3)c1ccc2[nH]1. The molecule has 3 N–H and O–H groups in total. The third-order valence-electron chi connectivity index (χ3n) is 16.1. The summed E-state index contributed by atoms with van der Waals surface area (Å²) < 4.78 is 57.7. The third kappa shape index (κ3) is 6.60. The maximum atomic E-state index is 15.5. The maximum absolute atomic E-state index is 15.5. The Kier molecular flexibility index (Phi) is 9.77. The van der Waals surface area contributed by atoms with Gasteiger partial charge in [-0.25, -0.2) is 9.13 Å². The van der Waals surface area contributed by atoms with Crippen LogP contribution >= 0.6 is 15.2 Å². The lowest BCUT2D eigenvalue weighted by atomic mass is 9.68. The standard InChI is InChI=1S/C61H51N3O6P2/c1-58-40-15-11-19-46(36-40)67-71(65,50-23-7-5-8-24-50)69-48-21-13-17-42(38-48)60(3,54-31-29-52(58)62-54)56-33-34-57(64-56)61(4)43-18-14-22-49(39-43)70-72(66,51-25-9-6-10-26-51)68-47-20-12-16-41(37-47)59(2,45-28-27-44(58)35-45)53-30-32-55(61)63-53/h5-34,36-39,62-64H,35H2,1-4H3. The highest BCUT2D eigenvalue weighted by atomic mass is 31.2. The van der Waals surface area contributed by atoms with Crippen LogP contribution in [0.25, 0.3) is 0 Å². The molecule has 6 aromatic carbocycles. The van der Waals surface area contributed by atoms with Gasteiger partial charge in [-0.05, 0) is 177 Å². The molecule has 13 rings (SSSR count). The smallest absolute Gasteiger partial charge is 0.413 e. The van der Waals surface area contributed by atoms with E-state index in [1.165, 1.54) is 0 Å². The summed E-state index contributed by atoms with van der Waals surface area (Å²) in [5.74, 6) is 1.64. The Bertz CT molecular complexity index is 3550.